The van der Waals surface area contributed by atoms with Gasteiger partial charge < -0.3 is 14.6 Å². The number of benzene rings is 1. The molecule has 1 aliphatic carbocycles. The van der Waals surface area contributed by atoms with Crippen LogP contribution in [0.4, 0.5) is 4.79 Å². The first-order valence-corrected chi connectivity index (χ1v) is 10.4. The molecule has 1 N–H and O–H groups in total. The average molecular weight is 475 g/mol. The molecule has 1 aromatic rings. The van der Waals surface area contributed by atoms with E-state index >= 15 is 0 Å². The van der Waals surface area contributed by atoms with Gasteiger partial charge in [0, 0.05) is 28.7 Å². The fourth-order valence-corrected chi connectivity index (χ4v) is 4.79. The molecule has 5 nitrogen and oxygen atoms in total. The van der Waals surface area contributed by atoms with Gasteiger partial charge in [-0.25, -0.2) is 4.79 Å². The third kappa shape index (κ3) is 4.89. The van der Waals surface area contributed by atoms with Crippen LogP contribution < -0.4 is 0 Å². The first kappa shape index (κ1) is 21.4. The van der Waals surface area contributed by atoms with Gasteiger partial charge in [-0.3, -0.25) is 4.90 Å². The monoisotopic (exact) mass is 475 g/mol. The number of methoxy groups -OCH3 is 1. The summed E-state index contributed by atoms with van der Waals surface area (Å²) in [5.74, 6) is 0.258. The van der Waals surface area contributed by atoms with Gasteiger partial charge in [0.25, 0.3) is 0 Å². The average Bonchev–Trinajstić information content (AvgIpc) is 2.60. The van der Waals surface area contributed by atoms with Gasteiger partial charge in [-0.15, -0.1) is 0 Å². The molecule has 0 unspecified atom stereocenters. The third-order valence-electron chi connectivity index (χ3n) is 4.93. The van der Waals surface area contributed by atoms with Crippen molar-refractivity contribution in [3.63, 3.8) is 0 Å². The highest BCUT2D eigenvalue weighted by atomic mass is 127. The minimum absolute atomic E-state index is 0.0344. The second kappa shape index (κ2) is 9.90. The molecule has 0 aromatic heterocycles. The zero-order valence-electron chi connectivity index (χ0n) is 15.9. The highest BCUT2D eigenvalue weighted by Gasteiger charge is 2.47. The fourth-order valence-electron chi connectivity index (χ4n) is 3.98. The van der Waals surface area contributed by atoms with E-state index in [1.54, 1.807) is 12.0 Å². The van der Waals surface area contributed by atoms with E-state index < -0.39 is 11.8 Å². The number of amides is 1. The fraction of sp³-hybridized carbons (Fsp3) is 0.650. The maximum absolute atomic E-state index is 12.5. The summed E-state index contributed by atoms with van der Waals surface area (Å²) in [6.07, 6.45) is 4.71. The topological polar surface area (TPSA) is 59.0 Å². The number of nitrogens with zero attached hydrogens (tertiary/aromatic N) is 1. The lowest BCUT2D eigenvalue weighted by atomic mass is 9.86. The van der Waals surface area contributed by atoms with Crippen molar-refractivity contribution in [1.29, 1.82) is 0 Å². The maximum Gasteiger partial charge on any atom is 0.410 e. The molecule has 0 aliphatic heterocycles. The van der Waals surface area contributed by atoms with Gasteiger partial charge in [-0.05, 0) is 47.4 Å². The van der Waals surface area contributed by atoms with Crippen molar-refractivity contribution in [2.45, 2.75) is 64.1 Å². The number of rotatable bonds is 8. The Balaban J connectivity index is 2.60. The number of ether oxygens (including phenoxy) is 2. The minimum Gasteiger partial charge on any atom is -0.465 e. The molecule has 0 bridgehead atoms. The van der Waals surface area contributed by atoms with Crippen molar-refractivity contribution in [2.75, 3.05) is 13.9 Å². The van der Waals surface area contributed by atoms with Crippen molar-refractivity contribution in [3.05, 3.63) is 33.4 Å². The lowest BCUT2D eigenvalue weighted by Gasteiger charge is -2.48. The van der Waals surface area contributed by atoms with Crippen LogP contribution in [-0.4, -0.2) is 36.0 Å². The predicted octanol–water partition coefficient (Wildman–Crippen LogP) is 5.42. The van der Waals surface area contributed by atoms with E-state index in [4.69, 9.17) is 9.47 Å². The summed E-state index contributed by atoms with van der Waals surface area (Å²) >= 11 is 2.27. The molecular weight excluding hydrogens is 445 g/mol. The van der Waals surface area contributed by atoms with Crippen molar-refractivity contribution in [3.8, 4) is 0 Å². The Labute approximate surface area is 170 Å². The molecular formula is C20H30INO4. The Bertz CT molecular complexity index is 589. The SMILES string of the molecule is COCO[C@@](CC(C)C)(c1ccccc1I)N(C(=O)O)C1CCCCC1. The maximum atomic E-state index is 12.5. The molecule has 2 rings (SSSR count). The Morgan fingerprint density at radius 1 is 1.31 bits per heavy atom. The van der Waals surface area contributed by atoms with E-state index in [1.807, 2.05) is 24.3 Å². The molecule has 26 heavy (non-hydrogen) atoms. The molecule has 0 heterocycles. The number of halogens is 1. The minimum atomic E-state index is -1.05. The smallest absolute Gasteiger partial charge is 0.410 e. The van der Waals surface area contributed by atoms with Crippen LogP contribution in [0.3, 0.4) is 0 Å². The van der Waals surface area contributed by atoms with E-state index in [9.17, 15) is 9.90 Å². The third-order valence-corrected chi connectivity index (χ3v) is 5.87. The van der Waals surface area contributed by atoms with Crippen LogP contribution in [0, 0.1) is 9.49 Å². The molecule has 1 amide bonds. The summed E-state index contributed by atoms with van der Waals surface area (Å²) in [6.45, 7) is 4.25. The molecule has 1 atom stereocenters. The number of carbonyl (C=O) groups is 1. The molecule has 1 aromatic carbocycles. The summed E-state index contributed by atoms with van der Waals surface area (Å²) in [5, 5.41) is 10.2. The van der Waals surface area contributed by atoms with Crippen LogP contribution >= 0.6 is 22.6 Å². The zero-order valence-corrected chi connectivity index (χ0v) is 18.1. The normalized spacial score (nSPS) is 17.9. The second-order valence-corrected chi connectivity index (χ2v) is 8.52. The van der Waals surface area contributed by atoms with Gasteiger partial charge in [0.1, 0.15) is 6.79 Å². The van der Waals surface area contributed by atoms with Gasteiger partial charge in [-0.2, -0.15) is 0 Å². The summed E-state index contributed by atoms with van der Waals surface area (Å²) in [7, 11) is 1.57. The van der Waals surface area contributed by atoms with Gasteiger partial charge in [0.05, 0.1) is 0 Å². The highest BCUT2D eigenvalue weighted by molar-refractivity contribution is 14.1. The summed E-state index contributed by atoms with van der Waals surface area (Å²) in [6, 6.07) is 7.87. The summed E-state index contributed by atoms with van der Waals surface area (Å²) < 4.78 is 12.5. The van der Waals surface area contributed by atoms with Gasteiger partial charge >= 0.3 is 6.09 Å². The van der Waals surface area contributed by atoms with E-state index in [-0.39, 0.29) is 18.8 Å². The lowest BCUT2D eigenvalue weighted by Crippen LogP contribution is -2.57. The van der Waals surface area contributed by atoms with Crippen LogP contribution in [0.1, 0.15) is 57.9 Å². The Morgan fingerprint density at radius 3 is 2.50 bits per heavy atom. The van der Waals surface area contributed by atoms with Crippen LogP contribution in [-0.2, 0) is 15.2 Å². The van der Waals surface area contributed by atoms with Crippen LogP contribution in [0.2, 0.25) is 0 Å². The van der Waals surface area contributed by atoms with E-state index in [0.29, 0.717) is 6.42 Å². The number of carboxylic acid groups (broad SMARTS) is 1. The second-order valence-electron chi connectivity index (χ2n) is 7.36. The van der Waals surface area contributed by atoms with Crippen molar-refractivity contribution < 1.29 is 19.4 Å². The van der Waals surface area contributed by atoms with E-state index in [1.165, 1.54) is 6.42 Å². The molecule has 146 valence electrons. The van der Waals surface area contributed by atoms with Crippen molar-refractivity contribution in [1.82, 2.24) is 4.90 Å². The molecule has 6 heteroatoms. The van der Waals surface area contributed by atoms with Crippen molar-refractivity contribution >= 4 is 28.7 Å². The van der Waals surface area contributed by atoms with Crippen LogP contribution in [0.5, 0.6) is 0 Å². The van der Waals surface area contributed by atoms with Crippen LogP contribution in [0.25, 0.3) is 0 Å². The largest absolute Gasteiger partial charge is 0.465 e. The summed E-state index contributed by atoms with van der Waals surface area (Å²) in [4.78, 5) is 14.1. The Kier molecular flexibility index (Phi) is 8.16. The molecule has 1 aliphatic rings. The molecule has 1 fully saturated rings. The molecule has 1 saturated carbocycles. The first-order chi connectivity index (χ1) is 12.4. The quantitative estimate of drug-likeness (QED) is 0.403. The molecule has 0 spiro atoms. The van der Waals surface area contributed by atoms with E-state index in [0.717, 1.165) is 34.8 Å². The molecule has 0 saturated heterocycles. The zero-order chi connectivity index (χ0) is 19.2. The molecule has 0 radical (unpaired) electrons. The van der Waals surface area contributed by atoms with E-state index in [2.05, 4.69) is 36.4 Å². The predicted molar refractivity (Wildman–Crippen MR) is 110 cm³/mol. The Morgan fingerprint density at radius 2 is 1.96 bits per heavy atom. The van der Waals surface area contributed by atoms with Crippen molar-refractivity contribution in [2.24, 2.45) is 5.92 Å². The summed E-state index contributed by atoms with van der Waals surface area (Å²) in [5.41, 5.74) is -0.144. The Hall–Kier alpha value is -0.860. The van der Waals surface area contributed by atoms with Crippen LogP contribution in [0.15, 0.2) is 24.3 Å². The first-order valence-electron chi connectivity index (χ1n) is 9.32. The highest BCUT2D eigenvalue weighted by Crippen LogP contribution is 2.42. The van der Waals surface area contributed by atoms with Gasteiger partial charge in [0.2, 0.25) is 0 Å². The van der Waals surface area contributed by atoms with Gasteiger partial charge in [0.15, 0.2) is 5.72 Å². The lowest BCUT2D eigenvalue weighted by molar-refractivity contribution is -0.220. The van der Waals surface area contributed by atoms with Gasteiger partial charge in [-0.1, -0.05) is 51.3 Å². The number of hydrogen-bond donors (Lipinski definition) is 1. The number of hydrogen-bond acceptors (Lipinski definition) is 3. The standard InChI is InChI=1S/C20H30INO4/c1-15(2)13-20(26-14-25-3,17-11-7-8-12-18(17)21)22(19(23)24)16-9-5-4-6-10-16/h7-8,11-12,15-16H,4-6,9-10,13-14H2,1-3H3,(H,23,24)/t20-/m0/s1.